The Bertz CT molecular complexity index is 1280. The summed E-state index contributed by atoms with van der Waals surface area (Å²) in [6, 6.07) is 23.8. The Morgan fingerprint density at radius 1 is 0.684 bits per heavy atom. The summed E-state index contributed by atoms with van der Waals surface area (Å²) in [5.74, 6) is 3.42. The van der Waals surface area contributed by atoms with E-state index in [-0.39, 0.29) is 6.04 Å². The predicted molar refractivity (Wildman–Crippen MR) is 161 cm³/mol. The van der Waals surface area contributed by atoms with Crippen LogP contribution in [-0.2, 0) is 12.8 Å². The van der Waals surface area contributed by atoms with Crippen molar-refractivity contribution in [2.24, 2.45) is 28.7 Å². The average molecular weight is 506 g/mol. The monoisotopic (exact) mass is 505 g/mol. The number of fused-ring (bicyclic) bond motifs is 1. The highest BCUT2D eigenvalue weighted by Crippen LogP contribution is 2.48. The van der Waals surface area contributed by atoms with Gasteiger partial charge in [-0.05, 0) is 104 Å². The zero-order valence-electron chi connectivity index (χ0n) is 22.9. The molecule has 1 unspecified atom stereocenters. The molecular formula is C35H43N3. The van der Waals surface area contributed by atoms with Gasteiger partial charge in [-0.1, -0.05) is 74.4 Å². The molecule has 0 aromatic heterocycles. The third kappa shape index (κ3) is 5.13. The zero-order chi connectivity index (χ0) is 26.1. The van der Waals surface area contributed by atoms with Crippen molar-refractivity contribution in [2.75, 3.05) is 11.5 Å². The molecule has 2 aliphatic carbocycles. The first-order chi connectivity index (χ1) is 18.6. The standard InChI is InChI=1S/C35H43N3/c1-23-10-13-25(14-11-23)26-16-19-28(20-17-26)34-30-8-5-9-31(36)33(30)35(38-34)29-21-18-27(32(37)22-29)15-12-24-6-3-2-4-7-24/h2-9,18,21-23,25-26,28,34H,10-17,19-20,36-37H2,1H3. The van der Waals surface area contributed by atoms with E-state index in [4.69, 9.17) is 16.5 Å². The van der Waals surface area contributed by atoms with Gasteiger partial charge in [0.2, 0.25) is 0 Å². The minimum atomic E-state index is 0.217. The Balaban J connectivity index is 1.20. The Morgan fingerprint density at radius 2 is 1.37 bits per heavy atom. The molecule has 2 fully saturated rings. The topological polar surface area (TPSA) is 64.4 Å². The largest absolute Gasteiger partial charge is 0.398 e. The van der Waals surface area contributed by atoms with Gasteiger partial charge in [-0.3, -0.25) is 4.99 Å². The lowest BCUT2D eigenvalue weighted by Gasteiger charge is -2.38. The van der Waals surface area contributed by atoms with Crippen molar-refractivity contribution >= 4 is 17.1 Å². The number of hydrogen-bond acceptors (Lipinski definition) is 3. The maximum absolute atomic E-state index is 6.60. The van der Waals surface area contributed by atoms with Gasteiger partial charge in [0, 0.05) is 22.5 Å². The highest BCUT2D eigenvalue weighted by molar-refractivity contribution is 6.18. The molecule has 3 nitrogen and oxygen atoms in total. The van der Waals surface area contributed by atoms with Crippen LogP contribution >= 0.6 is 0 Å². The zero-order valence-corrected chi connectivity index (χ0v) is 22.9. The molecule has 4 N–H and O–H groups in total. The molecule has 0 amide bonds. The molecule has 0 radical (unpaired) electrons. The van der Waals surface area contributed by atoms with Crippen LogP contribution < -0.4 is 11.5 Å². The lowest BCUT2D eigenvalue weighted by Crippen LogP contribution is -2.26. The smallest absolute Gasteiger partial charge is 0.0792 e. The van der Waals surface area contributed by atoms with E-state index in [9.17, 15) is 0 Å². The number of nitrogen functional groups attached to an aromatic ring is 2. The molecule has 3 aliphatic rings. The van der Waals surface area contributed by atoms with Crippen LogP contribution in [0.2, 0.25) is 0 Å². The number of aliphatic imine (C=N–C) groups is 1. The summed E-state index contributed by atoms with van der Waals surface area (Å²) >= 11 is 0. The Kier molecular flexibility index (Phi) is 7.28. The molecule has 1 heterocycles. The van der Waals surface area contributed by atoms with Crippen LogP contribution in [0.1, 0.15) is 92.1 Å². The molecule has 0 spiro atoms. The van der Waals surface area contributed by atoms with Crippen molar-refractivity contribution in [2.45, 2.75) is 77.2 Å². The third-order valence-corrected chi connectivity index (χ3v) is 9.89. The van der Waals surface area contributed by atoms with E-state index in [1.54, 1.807) is 0 Å². The van der Waals surface area contributed by atoms with Gasteiger partial charge in [0.05, 0.1) is 11.8 Å². The molecule has 3 aromatic carbocycles. The van der Waals surface area contributed by atoms with Crippen molar-refractivity contribution in [1.29, 1.82) is 0 Å². The van der Waals surface area contributed by atoms with Gasteiger partial charge in [-0.25, -0.2) is 0 Å². The van der Waals surface area contributed by atoms with Crippen LogP contribution in [0.5, 0.6) is 0 Å². The summed E-state index contributed by atoms with van der Waals surface area (Å²) in [5, 5.41) is 0. The van der Waals surface area contributed by atoms with E-state index < -0.39 is 0 Å². The first-order valence-corrected chi connectivity index (χ1v) is 15.0. The number of nitrogens with zero attached hydrogens (tertiary/aromatic N) is 1. The van der Waals surface area contributed by atoms with Crippen molar-refractivity contribution in [3.8, 4) is 0 Å². The highest BCUT2D eigenvalue weighted by Gasteiger charge is 2.37. The fraction of sp³-hybridized carbons (Fsp3) is 0.457. The molecule has 3 heteroatoms. The van der Waals surface area contributed by atoms with Crippen molar-refractivity contribution in [1.82, 2.24) is 0 Å². The molecular weight excluding hydrogens is 462 g/mol. The number of anilines is 2. The summed E-state index contributed by atoms with van der Waals surface area (Å²) in [6.45, 7) is 2.43. The molecule has 1 aliphatic heterocycles. The maximum Gasteiger partial charge on any atom is 0.0792 e. The molecule has 0 saturated heterocycles. The number of benzene rings is 3. The quantitative estimate of drug-likeness (QED) is 0.332. The number of nitrogens with two attached hydrogens (primary N) is 2. The Morgan fingerprint density at radius 3 is 2.08 bits per heavy atom. The normalized spacial score (nSPS) is 27.1. The van der Waals surface area contributed by atoms with Gasteiger partial charge in [0.15, 0.2) is 0 Å². The fourth-order valence-electron chi connectivity index (χ4n) is 7.54. The van der Waals surface area contributed by atoms with Gasteiger partial charge in [-0.2, -0.15) is 0 Å². The fourth-order valence-corrected chi connectivity index (χ4v) is 7.54. The minimum Gasteiger partial charge on any atom is -0.398 e. The molecule has 1 atom stereocenters. The SMILES string of the molecule is CC1CCC(C2CCC(C3N=C(c4ccc(CCc5ccccc5)c(N)c4)c4c(N)cccc43)CC2)CC1. The van der Waals surface area contributed by atoms with Gasteiger partial charge < -0.3 is 11.5 Å². The summed E-state index contributed by atoms with van der Waals surface area (Å²) in [7, 11) is 0. The second-order valence-corrected chi connectivity index (χ2v) is 12.3. The summed E-state index contributed by atoms with van der Waals surface area (Å²) in [6.07, 6.45) is 13.0. The van der Waals surface area contributed by atoms with E-state index in [2.05, 4.69) is 67.6 Å². The number of rotatable bonds is 6. The van der Waals surface area contributed by atoms with Crippen LogP contribution in [0, 0.1) is 23.7 Å². The minimum absolute atomic E-state index is 0.217. The van der Waals surface area contributed by atoms with Crippen LogP contribution in [0.15, 0.2) is 71.7 Å². The Hall–Kier alpha value is -3.07. The maximum atomic E-state index is 6.60. The van der Waals surface area contributed by atoms with Crippen molar-refractivity contribution < 1.29 is 0 Å². The van der Waals surface area contributed by atoms with Gasteiger partial charge in [-0.15, -0.1) is 0 Å². The summed E-state index contributed by atoms with van der Waals surface area (Å²) < 4.78 is 0. The predicted octanol–water partition coefficient (Wildman–Crippen LogP) is 8.16. The summed E-state index contributed by atoms with van der Waals surface area (Å²) in [4.78, 5) is 5.40. The summed E-state index contributed by atoms with van der Waals surface area (Å²) in [5.41, 5.74) is 22.0. The number of aryl methyl sites for hydroxylation is 2. The second-order valence-electron chi connectivity index (χ2n) is 12.3. The van der Waals surface area contributed by atoms with E-state index in [1.807, 2.05) is 6.07 Å². The molecule has 6 rings (SSSR count). The first-order valence-electron chi connectivity index (χ1n) is 15.0. The second kappa shape index (κ2) is 11.0. The lowest BCUT2D eigenvalue weighted by molar-refractivity contribution is 0.142. The van der Waals surface area contributed by atoms with Crippen LogP contribution in [0.3, 0.4) is 0 Å². The molecule has 38 heavy (non-hydrogen) atoms. The van der Waals surface area contributed by atoms with Gasteiger partial charge in [0.1, 0.15) is 0 Å². The first kappa shape index (κ1) is 25.2. The molecule has 0 bridgehead atoms. The van der Waals surface area contributed by atoms with Gasteiger partial charge >= 0.3 is 0 Å². The van der Waals surface area contributed by atoms with E-state index in [1.165, 1.54) is 68.1 Å². The van der Waals surface area contributed by atoms with E-state index >= 15 is 0 Å². The Labute approximate surface area is 228 Å². The average Bonchev–Trinajstić information content (AvgIpc) is 3.34. The van der Waals surface area contributed by atoms with E-state index in [0.29, 0.717) is 5.92 Å². The highest BCUT2D eigenvalue weighted by atomic mass is 14.9. The van der Waals surface area contributed by atoms with Crippen molar-refractivity contribution in [3.63, 3.8) is 0 Å². The molecule has 2 saturated carbocycles. The number of hydrogen-bond donors (Lipinski definition) is 2. The third-order valence-electron chi connectivity index (χ3n) is 9.89. The van der Waals surface area contributed by atoms with Crippen LogP contribution in [0.25, 0.3) is 0 Å². The van der Waals surface area contributed by atoms with Crippen LogP contribution in [-0.4, -0.2) is 5.71 Å². The lowest BCUT2D eigenvalue weighted by atomic mass is 9.68. The van der Waals surface area contributed by atoms with Crippen LogP contribution in [0.4, 0.5) is 11.4 Å². The van der Waals surface area contributed by atoms with Gasteiger partial charge in [0.25, 0.3) is 0 Å². The van der Waals surface area contributed by atoms with E-state index in [0.717, 1.165) is 58.8 Å². The molecule has 3 aromatic rings. The molecule has 198 valence electrons. The van der Waals surface area contributed by atoms with Crippen molar-refractivity contribution in [3.05, 3.63) is 94.5 Å².